The van der Waals surface area contributed by atoms with Crippen LogP contribution in [-0.4, -0.2) is 11.6 Å². The number of aryl methyl sites for hydroxylation is 1. The lowest BCUT2D eigenvalue weighted by molar-refractivity contribution is -0.139. The summed E-state index contributed by atoms with van der Waals surface area (Å²) < 4.78 is 0. The normalized spacial score (nSPS) is 32.4. The van der Waals surface area contributed by atoms with E-state index in [1.165, 1.54) is 5.56 Å². The molecule has 0 saturated heterocycles. The van der Waals surface area contributed by atoms with Crippen LogP contribution in [-0.2, 0) is 16.0 Å². The lowest BCUT2D eigenvalue weighted by Gasteiger charge is -2.27. The Morgan fingerprint density at radius 3 is 2.35 bits per heavy atom. The highest BCUT2D eigenvalue weighted by Gasteiger charge is 2.64. The molecule has 0 amide bonds. The van der Waals surface area contributed by atoms with E-state index in [4.69, 9.17) is 0 Å². The molecule has 0 radical (unpaired) electrons. The first kappa shape index (κ1) is 13.3. The van der Waals surface area contributed by atoms with E-state index < -0.39 is 5.41 Å². The third-order valence-electron chi connectivity index (χ3n) is 4.93. The Morgan fingerprint density at radius 1 is 1.15 bits per heavy atom. The van der Waals surface area contributed by atoms with Crippen molar-refractivity contribution in [2.24, 2.45) is 17.3 Å². The molecule has 1 unspecified atom stereocenters. The molecule has 0 N–H and O–H groups in total. The van der Waals surface area contributed by atoms with E-state index in [-0.39, 0.29) is 23.4 Å². The van der Waals surface area contributed by atoms with E-state index in [9.17, 15) is 9.59 Å². The van der Waals surface area contributed by atoms with Crippen molar-refractivity contribution in [3.63, 3.8) is 0 Å². The molecule has 1 atom stereocenters. The monoisotopic (exact) mass is 268 g/mol. The molecule has 2 aliphatic carbocycles. The van der Waals surface area contributed by atoms with Crippen LogP contribution in [0.4, 0.5) is 0 Å². The van der Waals surface area contributed by atoms with Gasteiger partial charge in [-0.05, 0) is 36.7 Å². The molecule has 2 aliphatic rings. The van der Waals surface area contributed by atoms with E-state index in [1.807, 2.05) is 18.2 Å². The van der Waals surface area contributed by atoms with Gasteiger partial charge in [0.25, 0.3) is 0 Å². The molecule has 2 nitrogen and oxygen atoms in total. The molecule has 2 saturated carbocycles. The summed E-state index contributed by atoms with van der Waals surface area (Å²) in [5.41, 5.74) is 0.633. The second-order valence-corrected chi connectivity index (χ2v) is 6.16. The average molecular weight is 268 g/mol. The predicted octanol–water partition coefficient (Wildman–Crippen LogP) is 3.36. The van der Waals surface area contributed by atoms with Gasteiger partial charge in [0.2, 0.25) is 0 Å². The summed E-state index contributed by atoms with van der Waals surface area (Å²) in [6.07, 6.45) is 5.51. The molecule has 2 fully saturated rings. The maximum Gasteiger partial charge on any atom is 0.147 e. The first-order valence-electron chi connectivity index (χ1n) is 7.40. The Balaban J connectivity index is 1.61. The van der Waals surface area contributed by atoms with Gasteiger partial charge in [0.05, 0.1) is 5.41 Å². The van der Waals surface area contributed by atoms with Crippen LogP contribution in [0.2, 0.25) is 0 Å². The van der Waals surface area contributed by atoms with E-state index in [0.717, 1.165) is 12.8 Å². The molecule has 1 aromatic carbocycles. The van der Waals surface area contributed by atoms with Gasteiger partial charge >= 0.3 is 0 Å². The second kappa shape index (κ2) is 5.01. The maximum atomic E-state index is 12.3. The van der Waals surface area contributed by atoms with E-state index in [0.29, 0.717) is 19.3 Å². The van der Waals surface area contributed by atoms with Crippen LogP contribution in [0, 0.1) is 17.3 Å². The summed E-state index contributed by atoms with van der Waals surface area (Å²) in [5, 5.41) is 0. The molecule has 3 rings (SSSR count). The minimum atomic E-state index is -0.648. The van der Waals surface area contributed by atoms with E-state index >= 15 is 0 Å². The van der Waals surface area contributed by atoms with Crippen LogP contribution in [0.25, 0.3) is 0 Å². The van der Waals surface area contributed by atoms with Crippen LogP contribution in [0.5, 0.6) is 0 Å². The molecule has 0 heterocycles. The molecule has 2 heteroatoms. The number of hydrogen-bond donors (Lipinski definition) is 0. The molecule has 0 aromatic heterocycles. The fourth-order valence-electron chi connectivity index (χ4n) is 3.55. The van der Waals surface area contributed by atoms with Crippen LogP contribution in [0.15, 0.2) is 43.0 Å². The number of rotatable bonds is 4. The number of Topliss-reactive ketones (excluding diaryl/α,β-unsaturated/α-hetero) is 2. The molecule has 0 aliphatic heterocycles. The molecular formula is C18H20O2. The van der Waals surface area contributed by atoms with Gasteiger partial charge in [-0.1, -0.05) is 36.4 Å². The molecule has 20 heavy (non-hydrogen) atoms. The lowest BCUT2D eigenvalue weighted by Crippen LogP contribution is -2.36. The topological polar surface area (TPSA) is 34.1 Å². The molecule has 1 aromatic rings. The Morgan fingerprint density at radius 2 is 1.80 bits per heavy atom. The Bertz CT molecular complexity index is 526. The molecule has 104 valence electrons. The fraction of sp³-hybridized carbons (Fsp3) is 0.444. The minimum absolute atomic E-state index is 0.109. The predicted molar refractivity (Wildman–Crippen MR) is 78.2 cm³/mol. The van der Waals surface area contributed by atoms with Crippen molar-refractivity contribution in [1.29, 1.82) is 0 Å². The van der Waals surface area contributed by atoms with Gasteiger partial charge in [0.15, 0.2) is 0 Å². The van der Waals surface area contributed by atoms with Crippen molar-refractivity contribution >= 4 is 11.6 Å². The van der Waals surface area contributed by atoms with Gasteiger partial charge in [0, 0.05) is 12.8 Å². The number of ketones is 2. The lowest BCUT2D eigenvalue weighted by atomic mass is 9.74. The molecule has 0 bridgehead atoms. The average Bonchev–Trinajstić information content (AvgIpc) is 3.20. The van der Waals surface area contributed by atoms with Crippen molar-refractivity contribution in [1.82, 2.24) is 0 Å². The summed E-state index contributed by atoms with van der Waals surface area (Å²) in [7, 11) is 0. The first-order valence-corrected chi connectivity index (χ1v) is 7.40. The smallest absolute Gasteiger partial charge is 0.147 e. The Hall–Kier alpha value is -1.70. The highest BCUT2D eigenvalue weighted by molar-refractivity contribution is 6.12. The summed E-state index contributed by atoms with van der Waals surface area (Å²) in [4.78, 5) is 24.6. The quantitative estimate of drug-likeness (QED) is 0.620. The van der Waals surface area contributed by atoms with Crippen LogP contribution >= 0.6 is 0 Å². The van der Waals surface area contributed by atoms with Crippen molar-refractivity contribution in [2.45, 2.75) is 32.1 Å². The Kier molecular flexibility index (Phi) is 3.33. The van der Waals surface area contributed by atoms with Crippen LogP contribution in [0.1, 0.15) is 31.2 Å². The van der Waals surface area contributed by atoms with Gasteiger partial charge in [0.1, 0.15) is 11.6 Å². The van der Waals surface area contributed by atoms with Crippen molar-refractivity contribution in [3.8, 4) is 0 Å². The first-order chi connectivity index (χ1) is 9.66. The molecule has 1 spiro atoms. The van der Waals surface area contributed by atoms with Crippen LogP contribution < -0.4 is 0 Å². The largest absolute Gasteiger partial charge is 0.299 e. The standard InChI is InChI=1S/C18H20O2/c1-2-15-12-18(15)16(19)10-14(11-17(18)20)9-8-13-6-4-3-5-7-13/h2-7,14-15H,1,8-12H2. The molecular weight excluding hydrogens is 248 g/mol. The number of hydrogen-bond acceptors (Lipinski definition) is 2. The SMILES string of the molecule is C=CC1CC12C(=O)CC(CCc1ccccc1)CC2=O. The van der Waals surface area contributed by atoms with Crippen LogP contribution in [0.3, 0.4) is 0 Å². The van der Waals surface area contributed by atoms with E-state index in [1.54, 1.807) is 6.08 Å². The summed E-state index contributed by atoms with van der Waals surface area (Å²) in [6.45, 7) is 3.73. The zero-order valence-corrected chi connectivity index (χ0v) is 11.7. The Labute approximate surface area is 119 Å². The minimum Gasteiger partial charge on any atom is -0.299 e. The zero-order valence-electron chi connectivity index (χ0n) is 11.7. The third-order valence-corrected chi connectivity index (χ3v) is 4.93. The van der Waals surface area contributed by atoms with Gasteiger partial charge in [-0.3, -0.25) is 9.59 Å². The summed E-state index contributed by atoms with van der Waals surface area (Å²) in [5.74, 6) is 0.665. The van der Waals surface area contributed by atoms with Crippen molar-refractivity contribution < 1.29 is 9.59 Å². The van der Waals surface area contributed by atoms with Gasteiger partial charge in [-0.2, -0.15) is 0 Å². The summed E-state index contributed by atoms with van der Waals surface area (Å²) >= 11 is 0. The number of carbonyl (C=O) groups excluding carboxylic acids is 2. The fourth-order valence-corrected chi connectivity index (χ4v) is 3.55. The van der Waals surface area contributed by atoms with Crippen molar-refractivity contribution in [3.05, 3.63) is 48.6 Å². The van der Waals surface area contributed by atoms with Crippen molar-refractivity contribution in [2.75, 3.05) is 0 Å². The highest BCUT2D eigenvalue weighted by atomic mass is 16.2. The highest BCUT2D eigenvalue weighted by Crippen LogP contribution is 2.58. The maximum absolute atomic E-state index is 12.3. The number of allylic oxidation sites excluding steroid dienone is 1. The third kappa shape index (κ3) is 2.13. The summed E-state index contributed by atoms with van der Waals surface area (Å²) in [6, 6.07) is 10.3. The number of carbonyl (C=O) groups is 2. The van der Waals surface area contributed by atoms with Gasteiger partial charge in [-0.15, -0.1) is 6.58 Å². The van der Waals surface area contributed by atoms with Gasteiger partial charge in [-0.25, -0.2) is 0 Å². The zero-order chi connectivity index (χ0) is 14.2. The second-order valence-electron chi connectivity index (χ2n) is 6.16. The van der Waals surface area contributed by atoms with Gasteiger partial charge < -0.3 is 0 Å². The number of benzene rings is 1. The van der Waals surface area contributed by atoms with E-state index in [2.05, 4.69) is 18.7 Å².